The number of nitrogens with one attached hydrogen (secondary N) is 1. The molecule has 0 aliphatic rings. The molecule has 0 atom stereocenters. The highest BCUT2D eigenvalue weighted by molar-refractivity contribution is 9.10. The van der Waals surface area contributed by atoms with Crippen molar-refractivity contribution in [2.75, 3.05) is 17.8 Å². The molecule has 0 saturated heterocycles. The Balaban J connectivity index is 1.86. The molecule has 0 aliphatic heterocycles. The Morgan fingerprint density at radius 1 is 1.29 bits per heavy atom. The molecule has 1 amide bonds. The highest BCUT2D eigenvalue weighted by Crippen LogP contribution is 2.22. The van der Waals surface area contributed by atoms with Gasteiger partial charge >= 0.3 is 0 Å². The van der Waals surface area contributed by atoms with E-state index in [-0.39, 0.29) is 5.91 Å². The Labute approximate surface area is 147 Å². The molecule has 0 saturated carbocycles. The first-order valence-electron chi connectivity index (χ1n) is 7.28. The summed E-state index contributed by atoms with van der Waals surface area (Å²) in [6.07, 6.45) is 1.66. The Hall–Kier alpha value is -2.67. The predicted octanol–water partition coefficient (Wildman–Crippen LogP) is 3.06. The molecule has 24 heavy (non-hydrogen) atoms. The van der Waals surface area contributed by atoms with Crippen molar-refractivity contribution in [3.63, 3.8) is 0 Å². The molecule has 3 aromatic rings. The summed E-state index contributed by atoms with van der Waals surface area (Å²) < 4.78 is 0.793. The van der Waals surface area contributed by atoms with E-state index in [1.54, 1.807) is 36.5 Å². The Bertz CT molecular complexity index is 928. The van der Waals surface area contributed by atoms with Crippen molar-refractivity contribution in [1.82, 2.24) is 15.4 Å². The van der Waals surface area contributed by atoms with Crippen molar-refractivity contribution < 1.29 is 4.79 Å². The summed E-state index contributed by atoms with van der Waals surface area (Å²) in [6.45, 7) is 1.89. The smallest absolute Gasteiger partial charge is 0.269 e. The third kappa shape index (κ3) is 3.16. The minimum absolute atomic E-state index is 0.230. The number of nitrogens with two attached hydrogens (primary N) is 1. The normalized spacial score (nSPS) is 10.6. The van der Waals surface area contributed by atoms with Crippen LogP contribution >= 0.6 is 15.9 Å². The van der Waals surface area contributed by atoms with Crippen LogP contribution in [-0.4, -0.2) is 22.9 Å². The number of amides is 1. The van der Waals surface area contributed by atoms with Crippen molar-refractivity contribution >= 4 is 44.4 Å². The number of benzene rings is 1. The van der Waals surface area contributed by atoms with Crippen LogP contribution in [0.15, 0.2) is 47.1 Å². The van der Waals surface area contributed by atoms with Gasteiger partial charge in [-0.15, -0.1) is 0 Å². The van der Waals surface area contributed by atoms with Crippen molar-refractivity contribution in [3.8, 4) is 0 Å². The van der Waals surface area contributed by atoms with Crippen LogP contribution in [0.5, 0.6) is 0 Å². The second-order valence-electron chi connectivity index (χ2n) is 5.41. The Morgan fingerprint density at radius 3 is 2.83 bits per heavy atom. The van der Waals surface area contributed by atoms with Crippen LogP contribution in [0, 0.1) is 6.92 Å². The van der Waals surface area contributed by atoms with Gasteiger partial charge in [-0.25, -0.2) is 9.97 Å². The van der Waals surface area contributed by atoms with E-state index in [1.165, 1.54) is 0 Å². The quantitative estimate of drug-likeness (QED) is 0.676. The van der Waals surface area contributed by atoms with Crippen LogP contribution in [0.4, 0.5) is 11.6 Å². The fourth-order valence-corrected chi connectivity index (χ4v) is 2.85. The zero-order valence-corrected chi connectivity index (χ0v) is 14.8. The van der Waals surface area contributed by atoms with Crippen molar-refractivity contribution in [1.29, 1.82) is 0 Å². The number of fused-ring (bicyclic) bond motifs is 1. The van der Waals surface area contributed by atoms with Crippen molar-refractivity contribution in [2.24, 2.45) is 0 Å². The molecule has 7 heteroatoms. The van der Waals surface area contributed by atoms with E-state index in [4.69, 9.17) is 5.73 Å². The molecular weight excluding hydrogens is 370 g/mol. The number of hydrogen-bond acceptors (Lipinski definition) is 5. The maximum Gasteiger partial charge on any atom is 0.269 e. The van der Waals surface area contributed by atoms with Crippen LogP contribution in [0.1, 0.15) is 15.9 Å². The van der Waals surface area contributed by atoms with E-state index in [1.807, 2.05) is 25.1 Å². The van der Waals surface area contributed by atoms with Gasteiger partial charge in [-0.3, -0.25) is 15.2 Å². The monoisotopic (exact) mass is 385 g/mol. The Morgan fingerprint density at radius 2 is 2.08 bits per heavy atom. The molecule has 122 valence electrons. The number of pyridine rings is 2. The number of carbonyl (C=O) groups is 1. The number of halogens is 1. The third-order valence-corrected chi connectivity index (χ3v) is 4.25. The largest absolute Gasteiger partial charge is 0.383 e. The lowest BCUT2D eigenvalue weighted by atomic mass is 10.1. The van der Waals surface area contributed by atoms with Gasteiger partial charge in [0.2, 0.25) is 0 Å². The number of aromatic nitrogens is 2. The molecule has 3 rings (SSSR count). The van der Waals surface area contributed by atoms with E-state index >= 15 is 0 Å². The molecule has 6 nitrogen and oxygen atoms in total. The first-order valence-corrected chi connectivity index (χ1v) is 8.07. The average Bonchev–Trinajstić information content (AvgIpc) is 2.55. The number of rotatable bonds is 3. The second-order valence-corrected chi connectivity index (χ2v) is 6.26. The van der Waals surface area contributed by atoms with Gasteiger partial charge in [0.05, 0.1) is 9.99 Å². The first-order chi connectivity index (χ1) is 11.5. The summed E-state index contributed by atoms with van der Waals surface area (Å²) in [6, 6.07) is 10.9. The summed E-state index contributed by atoms with van der Waals surface area (Å²) in [7, 11) is 1.73. The fraction of sp³-hybridized carbons (Fsp3) is 0.118. The fourth-order valence-electron chi connectivity index (χ4n) is 2.33. The maximum absolute atomic E-state index is 12.5. The van der Waals surface area contributed by atoms with E-state index in [0.29, 0.717) is 17.2 Å². The van der Waals surface area contributed by atoms with Gasteiger partial charge in [-0.2, -0.15) is 0 Å². The van der Waals surface area contributed by atoms with E-state index in [9.17, 15) is 4.79 Å². The highest BCUT2D eigenvalue weighted by Gasteiger charge is 2.13. The summed E-state index contributed by atoms with van der Waals surface area (Å²) in [5.74, 6) is 0.891. The number of anilines is 2. The molecule has 0 unspecified atom stereocenters. The second kappa shape index (κ2) is 6.45. The molecular formula is C17H16BrN5O. The Kier molecular flexibility index (Phi) is 4.35. The topological polar surface area (TPSA) is 84.1 Å². The van der Waals surface area contributed by atoms with E-state index in [2.05, 4.69) is 31.3 Å². The van der Waals surface area contributed by atoms with Crippen LogP contribution in [0.3, 0.4) is 0 Å². The van der Waals surface area contributed by atoms with E-state index in [0.717, 1.165) is 20.9 Å². The van der Waals surface area contributed by atoms with Gasteiger partial charge in [0.1, 0.15) is 5.82 Å². The summed E-state index contributed by atoms with van der Waals surface area (Å²) in [4.78, 5) is 21.0. The molecule has 0 spiro atoms. The molecule has 0 fully saturated rings. The van der Waals surface area contributed by atoms with Crippen LogP contribution in [0.25, 0.3) is 10.9 Å². The standard InChI is InChI=1S/C17H16BrN5O/c1-10-8-12-9-11(5-6-14(12)21-15(10)19)17(24)22-23(2)16-13(18)4-3-7-20-16/h3-9H,1-2H3,(H2,19,21)(H,22,24). The molecule has 0 bridgehead atoms. The summed E-state index contributed by atoms with van der Waals surface area (Å²) in [5.41, 5.74) is 10.8. The van der Waals surface area contributed by atoms with Crippen LogP contribution < -0.4 is 16.2 Å². The van der Waals surface area contributed by atoms with Gasteiger partial charge in [0, 0.05) is 24.2 Å². The number of nitrogens with zero attached hydrogens (tertiary/aromatic N) is 3. The van der Waals surface area contributed by atoms with Crippen molar-refractivity contribution in [2.45, 2.75) is 6.92 Å². The maximum atomic E-state index is 12.5. The number of aryl methyl sites for hydroxylation is 1. The van der Waals surface area contributed by atoms with Crippen LogP contribution in [-0.2, 0) is 0 Å². The van der Waals surface area contributed by atoms with Gasteiger partial charge in [-0.1, -0.05) is 0 Å². The zero-order valence-electron chi connectivity index (χ0n) is 13.2. The summed E-state index contributed by atoms with van der Waals surface area (Å²) >= 11 is 3.41. The molecule has 0 aliphatic carbocycles. The lowest BCUT2D eigenvalue weighted by Crippen LogP contribution is -2.40. The van der Waals surface area contributed by atoms with Gasteiger partial charge in [0.15, 0.2) is 5.82 Å². The minimum Gasteiger partial charge on any atom is -0.383 e. The highest BCUT2D eigenvalue weighted by atomic mass is 79.9. The number of hydrogen-bond donors (Lipinski definition) is 2. The molecule has 1 aromatic carbocycles. The number of nitrogen functional groups attached to an aromatic ring is 1. The van der Waals surface area contributed by atoms with E-state index < -0.39 is 0 Å². The summed E-state index contributed by atoms with van der Waals surface area (Å²) in [5, 5.41) is 2.44. The predicted molar refractivity (Wildman–Crippen MR) is 98.7 cm³/mol. The zero-order chi connectivity index (χ0) is 17.3. The van der Waals surface area contributed by atoms with Gasteiger partial charge < -0.3 is 5.73 Å². The minimum atomic E-state index is -0.230. The van der Waals surface area contributed by atoms with Gasteiger partial charge in [0.25, 0.3) is 5.91 Å². The molecule has 3 N–H and O–H groups in total. The van der Waals surface area contributed by atoms with Gasteiger partial charge in [-0.05, 0) is 64.8 Å². The number of hydrazine groups is 1. The van der Waals surface area contributed by atoms with Crippen LogP contribution in [0.2, 0.25) is 0 Å². The average molecular weight is 386 g/mol. The lowest BCUT2D eigenvalue weighted by molar-refractivity contribution is 0.0951. The molecule has 0 radical (unpaired) electrons. The third-order valence-electron chi connectivity index (χ3n) is 3.63. The SMILES string of the molecule is Cc1cc2cc(C(=O)NN(C)c3ncccc3Br)ccc2nc1N. The number of carbonyl (C=O) groups excluding carboxylic acids is 1. The first kappa shape index (κ1) is 16.2. The molecule has 2 heterocycles. The lowest BCUT2D eigenvalue weighted by Gasteiger charge is -2.20. The molecule has 2 aromatic heterocycles. The van der Waals surface area contributed by atoms with Crippen molar-refractivity contribution in [3.05, 3.63) is 58.2 Å².